The van der Waals surface area contributed by atoms with Gasteiger partial charge in [-0.05, 0) is 36.0 Å². The molecule has 0 aromatic heterocycles. The SMILES string of the molecule is CC.CCc1ccccc1CCc1ccccc1. The van der Waals surface area contributed by atoms with E-state index in [2.05, 4.69) is 61.5 Å². The van der Waals surface area contributed by atoms with Gasteiger partial charge in [0.2, 0.25) is 0 Å². The summed E-state index contributed by atoms with van der Waals surface area (Å²) in [7, 11) is 0. The Morgan fingerprint density at radius 3 is 1.83 bits per heavy atom. The molecule has 0 unspecified atom stereocenters. The molecule has 0 aliphatic rings. The van der Waals surface area contributed by atoms with Crippen molar-refractivity contribution in [2.75, 3.05) is 0 Å². The zero-order chi connectivity index (χ0) is 13.2. The Bertz CT molecular complexity index is 429. The smallest absolute Gasteiger partial charge is 0.0236 e. The van der Waals surface area contributed by atoms with Crippen LogP contribution in [0.3, 0.4) is 0 Å². The fourth-order valence-electron chi connectivity index (χ4n) is 2.07. The Hall–Kier alpha value is -1.56. The van der Waals surface area contributed by atoms with E-state index in [0.717, 1.165) is 19.3 Å². The lowest BCUT2D eigenvalue weighted by Gasteiger charge is -2.07. The normalized spacial score (nSPS) is 9.50. The van der Waals surface area contributed by atoms with Crippen LogP contribution in [0.5, 0.6) is 0 Å². The van der Waals surface area contributed by atoms with Crippen LogP contribution in [0.2, 0.25) is 0 Å². The van der Waals surface area contributed by atoms with E-state index in [0.29, 0.717) is 0 Å². The molecule has 2 aromatic rings. The van der Waals surface area contributed by atoms with Gasteiger partial charge in [-0.3, -0.25) is 0 Å². The number of hydrogen-bond donors (Lipinski definition) is 0. The molecule has 0 fully saturated rings. The molecule has 0 heterocycles. The van der Waals surface area contributed by atoms with E-state index in [1.165, 1.54) is 16.7 Å². The Kier molecular flexibility index (Phi) is 6.86. The van der Waals surface area contributed by atoms with E-state index >= 15 is 0 Å². The van der Waals surface area contributed by atoms with Crippen molar-refractivity contribution >= 4 is 0 Å². The molecule has 0 nitrogen and oxygen atoms in total. The molecule has 0 atom stereocenters. The van der Waals surface area contributed by atoms with Gasteiger partial charge in [-0.15, -0.1) is 0 Å². The van der Waals surface area contributed by atoms with Gasteiger partial charge in [0.1, 0.15) is 0 Å². The van der Waals surface area contributed by atoms with Crippen LogP contribution in [-0.2, 0) is 19.3 Å². The maximum Gasteiger partial charge on any atom is -0.0236 e. The second-order valence-corrected chi connectivity index (χ2v) is 4.11. The third-order valence-corrected chi connectivity index (χ3v) is 3.03. The van der Waals surface area contributed by atoms with Crippen molar-refractivity contribution in [1.82, 2.24) is 0 Å². The predicted octanol–water partition coefficient (Wildman–Crippen LogP) is 5.06. The molecule has 0 saturated carbocycles. The summed E-state index contributed by atoms with van der Waals surface area (Å²) in [5.74, 6) is 0. The largest absolute Gasteiger partial charge is 0.0683 e. The summed E-state index contributed by atoms with van der Waals surface area (Å²) in [6.07, 6.45) is 3.41. The predicted molar refractivity (Wildman–Crippen MR) is 81.0 cm³/mol. The average molecular weight is 240 g/mol. The standard InChI is InChI=1S/C16H18.C2H6/c1-2-15-10-6-7-11-16(15)13-12-14-8-4-3-5-9-14;1-2/h3-11H,2,12-13H2,1H3;1-2H3. The van der Waals surface area contributed by atoms with Crippen molar-refractivity contribution < 1.29 is 0 Å². The van der Waals surface area contributed by atoms with Crippen molar-refractivity contribution in [2.45, 2.75) is 40.0 Å². The fourth-order valence-corrected chi connectivity index (χ4v) is 2.07. The molecule has 0 radical (unpaired) electrons. The zero-order valence-electron chi connectivity index (χ0n) is 11.8. The molecule has 0 aliphatic carbocycles. The molecule has 0 spiro atoms. The van der Waals surface area contributed by atoms with Crippen molar-refractivity contribution in [3.8, 4) is 0 Å². The van der Waals surface area contributed by atoms with E-state index in [1.54, 1.807) is 0 Å². The summed E-state index contributed by atoms with van der Waals surface area (Å²) in [6, 6.07) is 19.5. The Morgan fingerprint density at radius 1 is 0.667 bits per heavy atom. The molecule has 18 heavy (non-hydrogen) atoms. The monoisotopic (exact) mass is 240 g/mol. The van der Waals surface area contributed by atoms with Crippen molar-refractivity contribution in [3.05, 3.63) is 71.3 Å². The van der Waals surface area contributed by atoms with Crippen LogP contribution >= 0.6 is 0 Å². The minimum Gasteiger partial charge on any atom is -0.0683 e. The van der Waals surface area contributed by atoms with Crippen LogP contribution in [0.15, 0.2) is 54.6 Å². The molecular weight excluding hydrogens is 216 g/mol. The summed E-state index contributed by atoms with van der Waals surface area (Å²) in [5.41, 5.74) is 4.40. The van der Waals surface area contributed by atoms with Gasteiger partial charge in [-0.1, -0.05) is 75.4 Å². The van der Waals surface area contributed by atoms with E-state index in [4.69, 9.17) is 0 Å². The highest BCUT2D eigenvalue weighted by Gasteiger charge is 1.99. The van der Waals surface area contributed by atoms with Crippen LogP contribution in [0.1, 0.15) is 37.5 Å². The second kappa shape index (κ2) is 8.52. The van der Waals surface area contributed by atoms with Gasteiger partial charge in [0.25, 0.3) is 0 Å². The molecule has 0 N–H and O–H groups in total. The third-order valence-electron chi connectivity index (χ3n) is 3.03. The second-order valence-electron chi connectivity index (χ2n) is 4.11. The summed E-state index contributed by atoms with van der Waals surface area (Å²) in [4.78, 5) is 0. The molecule has 0 bridgehead atoms. The molecule has 2 aromatic carbocycles. The minimum absolute atomic E-state index is 1.13. The van der Waals surface area contributed by atoms with Gasteiger partial charge in [-0.25, -0.2) is 0 Å². The Balaban J connectivity index is 0.000000771. The summed E-state index contributed by atoms with van der Waals surface area (Å²) < 4.78 is 0. The molecule has 96 valence electrons. The number of aryl methyl sites for hydroxylation is 3. The number of hydrogen-bond acceptors (Lipinski definition) is 0. The highest BCUT2D eigenvalue weighted by molar-refractivity contribution is 5.28. The summed E-state index contributed by atoms with van der Waals surface area (Å²) in [6.45, 7) is 6.22. The third kappa shape index (κ3) is 4.37. The average Bonchev–Trinajstić information content (AvgIpc) is 2.48. The van der Waals surface area contributed by atoms with Crippen molar-refractivity contribution in [2.24, 2.45) is 0 Å². The Labute approximate surface area is 112 Å². The zero-order valence-corrected chi connectivity index (χ0v) is 11.8. The Morgan fingerprint density at radius 2 is 1.22 bits per heavy atom. The van der Waals surface area contributed by atoms with Gasteiger partial charge in [0.15, 0.2) is 0 Å². The first-order valence-corrected chi connectivity index (χ1v) is 7.01. The molecule has 0 saturated heterocycles. The highest BCUT2D eigenvalue weighted by atomic mass is 14.0. The van der Waals surface area contributed by atoms with Crippen molar-refractivity contribution in [3.63, 3.8) is 0 Å². The number of benzene rings is 2. The van der Waals surface area contributed by atoms with E-state index in [9.17, 15) is 0 Å². The van der Waals surface area contributed by atoms with Gasteiger partial charge in [0, 0.05) is 0 Å². The van der Waals surface area contributed by atoms with Gasteiger partial charge < -0.3 is 0 Å². The highest BCUT2D eigenvalue weighted by Crippen LogP contribution is 2.12. The first-order valence-electron chi connectivity index (χ1n) is 7.01. The number of rotatable bonds is 4. The first kappa shape index (κ1) is 14.5. The summed E-state index contributed by atoms with van der Waals surface area (Å²) >= 11 is 0. The van der Waals surface area contributed by atoms with Gasteiger partial charge in [0.05, 0.1) is 0 Å². The molecule has 0 aliphatic heterocycles. The molecule has 0 amide bonds. The summed E-state index contributed by atoms with van der Waals surface area (Å²) in [5, 5.41) is 0. The molecule has 0 heteroatoms. The van der Waals surface area contributed by atoms with Gasteiger partial charge in [-0.2, -0.15) is 0 Å². The van der Waals surface area contributed by atoms with E-state index in [1.807, 2.05) is 13.8 Å². The lowest BCUT2D eigenvalue weighted by atomic mass is 9.98. The van der Waals surface area contributed by atoms with Crippen LogP contribution in [0, 0.1) is 0 Å². The van der Waals surface area contributed by atoms with Crippen LogP contribution in [-0.4, -0.2) is 0 Å². The lowest BCUT2D eigenvalue weighted by molar-refractivity contribution is 0.931. The first-order chi connectivity index (χ1) is 8.90. The van der Waals surface area contributed by atoms with Crippen molar-refractivity contribution in [1.29, 1.82) is 0 Å². The molecular formula is C18H24. The van der Waals surface area contributed by atoms with Crippen LogP contribution in [0.4, 0.5) is 0 Å². The van der Waals surface area contributed by atoms with Gasteiger partial charge >= 0.3 is 0 Å². The minimum atomic E-state index is 1.13. The fraction of sp³-hybridized carbons (Fsp3) is 0.333. The molecule has 2 rings (SSSR count). The van der Waals surface area contributed by atoms with E-state index in [-0.39, 0.29) is 0 Å². The maximum absolute atomic E-state index is 2.25. The lowest BCUT2D eigenvalue weighted by Crippen LogP contribution is -1.95. The maximum atomic E-state index is 2.25. The van der Waals surface area contributed by atoms with E-state index < -0.39 is 0 Å². The topological polar surface area (TPSA) is 0 Å². The quantitative estimate of drug-likeness (QED) is 0.700. The van der Waals surface area contributed by atoms with Crippen LogP contribution < -0.4 is 0 Å². The van der Waals surface area contributed by atoms with Crippen LogP contribution in [0.25, 0.3) is 0 Å².